The van der Waals surface area contributed by atoms with Gasteiger partial charge in [-0.3, -0.25) is 4.79 Å². The van der Waals surface area contributed by atoms with E-state index in [1.54, 1.807) is 4.90 Å². The van der Waals surface area contributed by atoms with Gasteiger partial charge in [0.2, 0.25) is 15.9 Å². The minimum Gasteiger partial charge on any atom is -0.355 e. The molecule has 0 unspecified atom stereocenters. The van der Waals surface area contributed by atoms with E-state index in [1.165, 1.54) is 16.6 Å². The Morgan fingerprint density at radius 3 is 2.31 bits per heavy atom. The van der Waals surface area contributed by atoms with Crippen LogP contribution in [0.2, 0.25) is 0 Å². The number of sulfonamides is 1. The lowest BCUT2D eigenvalue weighted by Gasteiger charge is -2.32. The number of nitrogens with zero attached hydrogens (tertiary/aromatic N) is 4. The smallest absolute Gasteiger partial charge is 0.355 e. The second-order valence-electron chi connectivity index (χ2n) is 7.51. The Bertz CT molecular complexity index is 822. The number of halogens is 3. The van der Waals surface area contributed by atoms with Gasteiger partial charge in [0.1, 0.15) is 5.82 Å². The number of hydrogen-bond donors (Lipinski definition) is 0. The fraction of sp³-hybridized carbons (Fsp3) is 0.667. The van der Waals surface area contributed by atoms with Crippen molar-refractivity contribution in [2.45, 2.75) is 25.4 Å². The standard InChI is InChI=1S/C18H25F3N4O3S/c1-29(27,28)25-9-5-14(6-10-25)17(26)24-8-2-7-23(11-12-24)16-4-3-15(13-22-16)18(19,20)21/h3-4,13-14H,2,5-12H2,1H3. The van der Waals surface area contributed by atoms with E-state index in [0.29, 0.717) is 64.3 Å². The fourth-order valence-corrected chi connectivity index (χ4v) is 4.67. The first kappa shape index (κ1) is 21.8. The van der Waals surface area contributed by atoms with E-state index in [9.17, 15) is 26.4 Å². The molecule has 0 spiro atoms. The summed E-state index contributed by atoms with van der Waals surface area (Å²) in [5, 5.41) is 0. The highest BCUT2D eigenvalue weighted by molar-refractivity contribution is 7.88. The summed E-state index contributed by atoms with van der Waals surface area (Å²) in [5.41, 5.74) is -0.784. The van der Waals surface area contributed by atoms with Crippen molar-refractivity contribution in [3.8, 4) is 0 Å². The van der Waals surface area contributed by atoms with Gasteiger partial charge >= 0.3 is 6.18 Å². The number of piperidine rings is 1. The molecule has 0 N–H and O–H groups in total. The Labute approximate surface area is 168 Å². The molecule has 0 radical (unpaired) electrons. The molecule has 2 fully saturated rings. The van der Waals surface area contributed by atoms with Gasteiger partial charge in [0, 0.05) is 51.4 Å². The molecule has 0 aliphatic carbocycles. The zero-order valence-electron chi connectivity index (χ0n) is 16.2. The molecule has 3 rings (SSSR count). The van der Waals surface area contributed by atoms with Crippen LogP contribution in [0, 0.1) is 5.92 Å². The molecule has 11 heteroatoms. The van der Waals surface area contributed by atoms with Crippen molar-refractivity contribution in [1.29, 1.82) is 0 Å². The maximum absolute atomic E-state index is 12.9. The van der Waals surface area contributed by atoms with Gasteiger partial charge in [0.05, 0.1) is 11.8 Å². The number of alkyl halides is 3. The lowest BCUT2D eigenvalue weighted by Crippen LogP contribution is -2.45. The molecule has 0 saturated carbocycles. The SMILES string of the molecule is CS(=O)(=O)N1CCC(C(=O)N2CCCN(c3ccc(C(F)(F)F)cn3)CC2)CC1. The van der Waals surface area contributed by atoms with Gasteiger partial charge < -0.3 is 9.80 Å². The van der Waals surface area contributed by atoms with Gasteiger partial charge in [-0.05, 0) is 31.4 Å². The number of anilines is 1. The van der Waals surface area contributed by atoms with Gasteiger partial charge in [0.25, 0.3) is 0 Å². The van der Waals surface area contributed by atoms with Gasteiger partial charge in [-0.1, -0.05) is 0 Å². The maximum Gasteiger partial charge on any atom is 0.417 e. The predicted molar refractivity (Wildman–Crippen MR) is 102 cm³/mol. The van der Waals surface area contributed by atoms with Crippen LogP contribution in [-0.4, -0.2) is 74.0 Å². The van der Waals surface area contributed by atoms with Crippen LogP contribution >= 0.6 is 0 Å². The Kier molecular flexibility index (Phi) is 6.37. The van der Waals surface area contributed by atoms with Gasteiger partial charge in [0.15, 0.2) is 0 Å². The summed E-state index contributed by atoms with van der Waals surface area (Å²) >= 11 is 0. The minimum absolute atomic E-state index is 0.0281. The molecule has 1 amide bonds. The number of hydrogen-bond acceptors (Lipinski definition) is 5. The van der Waals surface area contributed by atoms with E-state index in [4.69, 9.17) is 0 Å². The highest BCUT2D eigenvalue weighted by atomic mass is 32.2. The van der Waals surface area contributed by atoms with E-state index in [2.05, 4.69) is 4.98 Å². The van der Waals surface area contributed by atoms with Crippen LogP contribution in [0.4, 0.5) is 19.0 Å². The van der Waals surface area contributed by atoms with E-state index in [1.807, 2.05) is 4.90 Å². The third kappa shape index (κ3) is 5.39. The second kappa shape index (κ2) is 8.47. The number of rotatable bonds is 3. The average Bonchev–Trinajstić information content (AvgIpc) is 2.92. The minimum atomic E-state index is -4.42. The summed E-state index contributed by atoms with van der Waals surface area (Å²) in [7, 11) is -3.23. The molecule has 29 heavy (non-hydrogen) atoms. The van der Waals surface area contributed by atoms with Crippen molar-refractivity contribution in [3.63, 3.8) is 0 Å². The zero-order valence-corrected chi connectivity index (χ0v) is 17.0. The molecule has 2 saturated heterocycles. The van der Waals surface area contributed by atoms with Crippen molar-refractivity contribution in [2.24, 2.45) is 5.92 Å². The largest absolute Gasteiger partial charge is 0.417 e. The fourth-order valence-electron chi connectivity index (χ4n) is 3.80. The van der Waals surface area contributed by atoms with E-state index in [-0.39, 0.29) is 11.8 Å². The monoisotopic (exact) mass is 434 g/mol. The molecular formula is C18H25F3N4O3S. The molecule has 2 aliphatic rings. The van der Waals surface area contributed by atoms with Crippen LogP contribution < -0.4 is 4.90 Å². The maximum atomic E-state index is 12.9. The third-order valence-corrected chi connectivity index (χ3v) is 6.78. The molecule has 3 heterocycles. The van der Waals surface area contributed by atoms with E-state index in [0.717, 1.165) is 12.3 Å². The summed E-state index contributed by atoms with van der Waals surface area (Å²) in [6.07, 6.45) is -0.706. The van der Waals surface area contributed by atoms with Crippen molar-refractivity contribution >= 4 is 21.7 Å². The van der Waals surface area contributed by atoms with Gasteiger partial charge in [-0.25, -0.2) is 17.7 Å². The summed E-state index contributed by atoms with van der Waals surface area (Å²) in [4.78, 5) is 20.5. The van der Waals surface area contributed by atoms with Crippen molar-refractivity contribution in [1.82, 2.24) is 14.2 Å². The normalized spacial score (nSPS) is 20.6. The Morgan fingerprint density at radius 1 is 1.07 bits per heavy atom. The topological polar surface area (TPSA) is 73.8 Å². The summed E-state index contributed by atoms with van der Waals surface area (Å²) < 4.78 is 62.7. The Balaban J connectivity index is 1.56. The number of aromatic nitrogens is 1. The van der Waals surface area contributed by atoms with Crippen LogP contribution in [0.3, 0.4) is 0 Å². The Morgan fingerprint density at radius 2 is 1.76 bits per heavy atom. The first-order chi connectivity index (χ1) is 13.6. The molecule has 2 aliphatic heterocycles. The summed E-state index contributed by atoms with van der Waals surface area (Å²) in [6, 6.07) is 2.38. The quantitative estimate of drug-likeness (QED) is 0.726. The van der Waals surface area contributed by atoms with Gasteiger partial charge in [-0.15, -0.1) is 0 Å². The molecule has 0 atom stereocenters. The van der Waals surface area contributed by atoms with Crippen LogP contribution in [0.5, 0.6) is 0 Å². The first-order valence-corrected chi connectivity index (χ1v) is 11.4. The molecule has 7 nitrogen and oxygen atoms in total. The third-order valence-electron chi connectivity index (χ3n) is 5.48. The second-order valence-corrected chi connectivity index (χ2v) is 9.49. The lowest BCUT2D eigenvalue weighted by molar-refractivity contribution is -0.138. The van der Waals surface area contributed by atoms with Crippen LogP contribution in [0.25, 0.3) is 0 Å². The molecule has 0 aromatic carbocycles. The van der Waals surface area contributed by atoms with Crippen LogP contribution in [-0.2, 0) is 21.0 Å². The summed E-state index contributed by atoms with van der Waals surface area (Å²) in [5.74, 6) is 0.304. The molecule has 1 aromatic heterocycles. The highest BCUT2D eigenvalue weighted by Crippen LogP contribution is 2.29. The van der Waals surface area contributed by atoms with Crippen LogP contribution in [0.1, 0.15) is 24.8 Å². The lowest BCUT2D eigenvalue weighted by atomic mass is 9.96. The Hall–Kier alpha value is -1.88. The molecule has 162 valence electrons. The molecule has 1 aromatic rings. The number of carbonyl (C=O) groups excluding carboxylic acids is 1. The number of amides is 1. The number of carbonyl (C=O) groups is 1. The van der Waals surface area contributed by atoms with Gasteiger partial charge in [-0.2, -0.15) is 13.2 Å². The predicted octanol–water partition coefficient (Wildman–Crippen LogP) is 1.81. The van der Waals surface area contributed by atoms with Crippen molar-refractivity contribution in [2.75, 3.05) is 50.4 Å². The number of pyridine rings is 1. The highest BCUT2D eigenvalue weighted by Gasteiger charge is 2.33. The summed E-state index contributed by atoms with van der Waals surface area (Å²) in [6.45, 7) is 2.84. The average molecular weight is 434 g/mol. The van der Waals surface area contributed by atoms with E-state index >= 15 is 0 Å². The van der Waals surface area contributed by atoms with Crippen molar-refractivity contribution in [3.05, 3.63) is 23.9 Å². The molecule has 0 bridgehead atoms. The van der Waals surface area contributed by atoms with E-state index < -0.39 is 21.8 Å². The molecular weight excluding hydrogens is 409 g/mol. The zero-order chi connectivity index (χ0) is 21.2. The van der Waals surface area contributed by atoms with Crippen LogP contribution in [0.15, 0.2) is 18.3 Å². The van der Waals surface area contributed by atoms with Crippen molar-refractivity contribution < 1.29 is 26.4 Å². The first-order valence-electron chi connectivity index (χ1n) is 9.58.